The van der Waals surface area contributed by atoms with Gasteiger partial charge in [0.1, 0.15) is 23.0 Å². The highest BCUT2D eigenvalue weighted by atomic mass is 16.2. The van der Waals surface area contributed by atoms with E-state index in [1.54, 1.807) is 21.9 Å². The summed E-state index contributed by atoms with van der Waals surface area (Å²) in [7, 11) is 0. The van der Waals surface area contributed by atoms with Gasteiger partial charge >= 0.3 is 0 Å². The molecule has 1 aliphatic heterocycles. The second kappa shape index (κ2) is 10.7. The number of rotatable bonds is 6. The number of piperazine rings is 1. The highest BCUT2D eigenvalue weighted by Gasteiger charge is 2.27. The van der Waals surface area contributed by atoms with Gasteiger partial charge in [-0.1, -0.05) is 48.5 Å². The van der Waals surface area contributed by atoms with Gasteiger partial charge in [-0.3, -0.25) is 9.59 Å². The Balaban J connectivity index is 1.19. The summed E-state index contributed by atoms with van der Waals surface area (Å²) < 4.78 is 0. The zero-order valence-electron chi connectivity index (χ0n) is 19.7. The molecule has 2 aromatic heterocycles. The minimum Gasteiger partial charge on any atom is -0.340 e. The van der Waals surface area contributed by atoms with Crippen LogP contribution in [0.3, 0.4) is 0 Å². The standard InChI is InChI=1S/C28H26N6O2/c35-27(23-13-7-15-25(31-23)29-21-9-3-1-4-10-21)33-17-19-34(20-18-33)28(36)24-14-8-16-26(32-24)30-22-11-5-2-6-12-22/h1-16H,17-20H2,(H,29,31)(H,30,32). The van der Waals surface area contributed by atoms with E-state index in [-0.39, 0.29) is 11.8 Å². The van der Waals surface area contributed by atoms with Crippen LogP contribution in [0.5, 0.6) is 0 Å². The molecule has 0 aliphatic carbocycles. The maximum absolute atomic E-state index is 13.1. The van der Waals surface area contributed by atoms with Gasteiger partial charge in [-0.15, -0.1) is 0 Å². The lowest BCUT2D eigenvalue weighted by Gasteiger charge is -2.34. The van der Waals surface area contributed by atoms with E-state index in [2.05, 4.69) is 20.6 Å². The lowest BCUT2D eigenvalue weighted by Crippen LogP contribution is -2.50. The van der Waals surface area contributed by atoms with Crippen LogP contribution < -0.4 is 10.6 Å². The Morgan fingerprint density at radius 3 is 1.31 bits per heavy atom. The summed E-state index contributed by atoms with van der Waals surface area (Å²) in [4.78, 5) is 38.6. The predicted molar refractivity (Wildman–Crippen MR) is 140 cm³/mol. The zero-order valence-corrected chi connectivity index (χ0v) is 19.7. The summed E-state index contributed by atoms with van der Waals surface area (Å²) in [6, 6.07) is 30.1. The Morgan fingerprint density at radius 1 is 0.528 bits per heavy atom. The molecule has 0 spiro atoms. The zero-order chi connectivity index (χ0) is 24.7. The van der Waals surface area contributed by atoms with Gasteiger partial charge in [0, 0.05) is 37.6 Å². The monoisotopic (exact) mass is 478 g/mol. The summed E-state index contributed by atoms with van der Waals surface area (Å²) in [5, 5.41) is 6.43. The quantitative estimate of drug-likeness (QED) is 0.422. The van der Waals surface area contributed by atoms with Crippen LogP contribution in [-0.2, 0) is 0 Å². The van der Waals surface area contributed by atoms with Crippen LogP contribution in [0.15, 0.2) is 97.1 Å². The van der Waals surface area contributed by atoms with Gasteiger partial charge < -0.3 is 20.4 Å². The number of pyridine rings is 2. The van der Waals surface area contributed by atoms with Crippen molar-refractivity contribution in [2.24, 2.45) is 0 Å². The molecule has 1 saturated heterocycles. The number of nitrogens with one attached hydrogen (secondary N) is 2. The van der Waals surface area contributed by atoms with Crippen LogP contribution >= 0.6 is 0 Å². The average Bonchev–Trinajstić information content (AvgIpc) is 2.94. The van der Waals surface area contributed by atoms with E-state index in [1.165, 1.54) is 0 Å². The van der Waals surface area contributed by atoms with E-state index >= 15 is 0 Å². The second-order valence-corrected chi connectivity index (χ2v) is 8.38. The van der Waals surface area contributed by atoms with E-state index in [4.69, 9.17) is 0 Å². The summed E-state index contributed by atoms with van der Waals surface area (Å²) in [6.07, 6.45) is 0. The van der Waals surface area contributed by atoms with E-state index < -0.39 is 0 Å². The van der Waals surface area contributed by atoms with E-state index in [9.17, 15) is 9.59 Å². The number of hydrogen-bond acceptors (Lipinski definition) is 6. The van der Waals surface area contributed by atoms with Crippen molar-refractivity contribution in [3.63, 3.8) is 0 Å². The molecule has 36 heavy (non-hydrogen) atoms. The van der Waals surface area contributed by atoms with Crippen molar-refractivity contribution >= 4 is 34.8 Å². The number of amides is 2. The smallest absolute Gasteiger partial charge is 0.272 e. The fourth-order valence-corrected chi connectivity index (χ4v) is 4.02. The molecule has 180 valence electrons. The second-order valence-electron chi connectivity index (χ2n) is 8.38. The number of hydrogen-bond donors (Lipinski definition) is 2. The van der Waals surface area contributed by atoms with Gasteiger partial charge in [0.25, 0.3) is 11.8 Å². The molecule has 0 saturated carbocycles. The van der Waals surface area contributed by atoms with Crippen molar-refractivity contribution in [3.05, 3.63) is 108 Å². The van der Waals surface area contributed by atoms with E-state index in [1.807, 2.05) is 84.9 Å². The normalized spacial score (nSPS) is 13.2. The van der Waals surface area contributed by atoms with Gasteiger partial charge in [-0.05, 0) is 48.5 Å². The summed E-state index contributed by atoms with van der Waals surface area (Å²) >= 11 is 0. The van der Waals surface area contributed by atoms with E-state index in [0.29, 0.717) is 49.2 Å². The van der Waals surface area contributed by atoms with Gasteiger partial charge in [-0.2, -0.15) is 0 Å². The Morgan fingerprint density at radius 2 is 0.917 bits per heavy atom. The summed E-state index contributed by atoms with van der Waals surface area (Å²) in [6.45, 7) is 1.74. The molecule has 1 fully saturated rings. The Bertz CT molecular complexity index is 1230. The fraction of sp³-hybridized carbons (Fsp3) is 0.143. The number of para-hydroxylation sites is 2. The van der Waals surface area contributed by atoms with Crippen molar-refractivity contribution in [2.75, 3.05) is 36.8 Å². The van der Waals surface area contributed by atoms with Crippen LogP contribution in [-0.4, -0.2) is 57.8 Å². The first kappa shape index (κ1) is 23.0. The van der Waals surface area contributed by atoms with Crippen molar-refractivity contribution in [1.29, 1.82) is 0 Å². The molecule has 1 aliphatic rings. The molecular weight excluding hydrogens is 452 g/mol. The lowest BCUT2D eigenvalue weighted by molar-refractivity contribution is 0.0529. The van der Waals surface area contributed by atoms with Gasteiger partial charge in [0.15, 0.2) is 0 Å². The molecule has 8 nitrogen and oxygen atoms in total. The first-order valence-electron chi connectivity index (χ1n) is 11.8. The van der Waals surface area contributed by atoms with Crippen LogP contribution in [0.25, 0.3) is 0 Å². The maximum Gasteiger partial charge on any atom is 0.272 e. The van der Waals surface area contributed by atoms with Crippen LogP contribution in [0, 0.1) is 0 Å². The van der Waals surface area contributed by atoms with Crippen LogP contribution in [0.2, 0.25) is 0 Å². The number of carbonyl (C=O) groups is 2. The minimum absolute atomic E-state index is 0.147. The number of carbonyl (C=O) groups excluding carboxylic acids is 2. The molecule has 0 bridgehead atoms. The predicted octanol–water partition coefficient (Wildman–Crippen LogP) is 4.56. The van der Waals surface area contributed by atoms with Gasteiger partial charge in [0.2, 0.25) is 0 Å². The average molecular weight is 479 g/mol. The van der Waals surface area contributed by atoms with Crippen molar-refractivity contribution < 1.29 is 9.59 Å². The Labute approximate surface area is 209 Å². The highest BCUT2D eigenvalue weighted by molar-refractivity contribution is 5.94. The van der Waals surface area contributed by atoms with Crippen molar-refractivity contribution in [2.45, 2.75) is 0 Å². The lowest BCUT2D eigenvalue weighted by atomic mass is 10.2. The third kappa shape index (κ3) is 5.50. The third-order valence-electron chi connectivity index (χ3n) is 5.88. The highest BCUT2D eigenvalue weighted by Crippen LogP contribution is 2.17. The van der Waals surface area contributed by atoms with Crippen LogP contribution in [0.1, 0.15) is 21.0 Å². The molecule has 4 aromatic rings. The Hall–Kier alpha value is -4.72. The number of benzene rings is 2. The number of anilines is 4. The molecule has 5 rings (SSSR count). The van der Waals surface area contributed by atoms with Gasteiger partial charge in [-0.25, -0.2) is 9.97 Å². The molecule has 0 radical (unpaired) electrons. The summed E-state index contributed by atoms with van der Waals surface area (Å²) in [5.41, 5.74) is 2.55. The largest absolute Gasteiger partial charge is 0.340 e. The number of aromatic nitrogens is 2. The molecule has 2 aromatic carbocycles. The van der Waals surface area contributed by atoms with Crippen molar-refractivity contribution in [3.8, 4) is 0 Å². The molecule has 2 amide bonds. The number of nitrogens with zero attached hydrogens (tertiary/aromatic N) is 4. The molecule has 0 unspecified atom stereocenters. The van der Waals surface area contributed by atoms with Gasteiger partial charge in [0.05, 0.1) is 0 Å². The molecule has 8 heteroatoms. The first-order valence-corrected chi connectivity index (χ1v) is 11.8. The van der Waals surface area contributed by atoms with Crippen LogP contribution in [0.4, 0.5) is 23.0 Å². The molecular formula is C28H26N6O2. The SMILES string of the molecule is O=C(c1cccc(Nc2ccccc2)n1)N1CCN(C(=O)c2cccc(Nc3ccccc3)n2)CC1. The van der Waals surface area contributed by atoms with E-state index in [0.717, 1.165) is 11.4 Å². The first-order chi connectivity index (χ1) is 17.7. The molecule has 3 heterocycles. The topological polar surface area (TPSA) is 90.5 Å². The van der Waals surface area contributed by atoms with Crippen molar-refractivity contribution in [1.82, 2.24) is 19.8 Å². The fourth-order valence-electron chi connectivity index (χ4n) is 4.02. The third-order valence-corrected chi connectivity index (χ3v) is 5.88. The molecule has 0 atom stereocenters. The molecule has 2 N–H and O–H groups in total. The Kier molecular flexibility index (Phi) is 6.84. The maximum atomic E-state index is 13.1. The minimum atomic E-state index is -0.147. The summed E-state index contributed by atoms with van der Waals surface area (Å²) in [5.74, 6) is 0.920.